The molecule has 1 fully saturated rings. The van der Waals surface area contributed by atoms with Gasteiger partial charge >= 0.3 is 0 Å². The van der Waals surface area contributed by atoms with Gasteiger partial charge in [-0.25, -0.2) is 4.39 Å². The molecule has 0 unspecified atom stereocenters. The van der Waals surface area contributed by atoms with Gasteiger partial charge in [-0.05, 0) is 53.8 Å². The summed E-state index contributed by atoms with van der Waals surface area (Å²) in [6, 6.07) is 15.7. The summed E-state index contributed by atoms with van der Waals surface area (Å²) in [5, 5.41) is 4.41. The largest absolute Gasteiger partial charge is 0.321 e. The number of nitrogens with one attached hydrogen (secondary N) is 1. The second-order valence-corrected chi connectivity index (χ2v) is 8.45. The maximum Gasteiger partial charge on any atom is 0.265 e. The number of thiophene rings is 1. The van der Waals surface area contributed by atoms with Gasteiger partial charge in [0.1, 0.15) is 11.2 Å². The first-order chi connectivity index (χ1) is 13.5. The SMILES string of the molecule is Cc1ccc(F)c(N2C(=O)CS[C@@H]2c2ccc(NC(=O)c3cccs3)cc2)c1. The van der Waals surface area contributed by atoms with Gasteiger partial charge in [0.2, 0.25) is 5.91 Å². The van der Waals surface area contributed by atoms with Crippen LogP contribution in [0.25, 0.3) is 0 Å². The zero-order valence-electron chi connectivity index (χ0n) is 15.0. The second kappa shape index (κ2) is 7.77. The van der Waals surface area contributed by atoms with Gasteiger partial charge in [-0.1, -0.05) is 24.3 Å². The summed E-state index contributed by atoms with van der Waals surface area (Å²) in [4.78, 5) is 26.8. The molecule has 0 radical (unpaired) electrons. The van der Waals surface area contributed by atoms with E-state index in [1.807, 2.05) is 30.5 Å². The lowest BCUT2D eigenvalue weighted by atomic mass is 10.1. The van der Waals surface area contributed by atoms with E-state index in [2.05, 4.69) is 5.32 Å². The van der Waals surface area contributed by atoms with Gasteiger partial charge in [0.15, 0.2) is 0 Å². The number of carbonyl (C=O) groups is 2. The summed E-state index contributed by atoms with van der Waals surface area (Å²) in [6.45, 7) is 1.87. The number of thioether (sulfide) groups is 1. The molecule has 1 aliphatic heterocycles. The molecular formula is C21H17FN2O2S2. The number of rotatable bonds is 4. The molecule has 0 bridgehead atoms. The topological polar surface area (TPSA) is 49.4 Å². The summed E-state index contributed by atoms with van der Waals surface area (Å²) in [6.07, 6.45) is 0. The van der Waals surface area contributed by atoms with Crippen LogP contribution in [-0.2, 0) is 4.79 Å². The first-order valence-corrected chi connectivity index (χ1v) is 10.6. The number of aryl methyl sites for hydroxylation is 1. The van der Waals surface area contributed by atoms with E-state index in [4.69, 9.17) is 0 Å². The molecule has 2 heterocycles. The average molecular weight is 413 g/mol. The van der Waals surface area contributed by atoms with Crippen molar-refractivity contribution in [1.82, 2.24) is 0 Å². The fourth-order valence-electron chi connectivity index (χ4n) is 3.07. The van der Waals surface area contributed by atoms with Gasteiger partial charge in [-0.3, -0.25) is 14.5 Å². The van der Waals surface area contributed by atoms with Crippen LogP contribution in [0.3, 0.4) is 0 Å². The van der Waals surface area contributed by atoms with Gasteiger partial charge in [0.25, 0.3) is 5.91 Å². The minimum Gasteiger partial charge on any atom is -0.321 e. The van der Waals surface area contributed by atoms with Gasteiger partial charge in [-0.2, -0.15) is 0 Å². The first-order valence-electron chi connectivity index (χ1n) is 8.67. The number of nitrogens with zero attached hydrogens (tertiary/aromatic N) is 1. The molecule has 1 atom stereocenters. The number of amides is 2. The molecule has 3 aromatic rings. The molecule has 2 aromatic carbocycles. The Bertz CT molecular complexity index is 1020. The molecule has 4 rings (SSSR count). The predicted molar refractivity (Wildman–Crippen MR) is 113 cm³/mol. The Kier molecular flexibility index (Phi) is 5.19. The van der Waals surface area contributed by atoms with Crippen LogP contribution < -0.4 is 10.2 Å². The number of halogens is 1. The predicted octanol–water partition coefficient (Wildman–Crippen LogP) is 5.23. The Morgan fingerprint density at radius 1 is 1.18 bits per heavy atom. The minimum atomic E-state index is -0.411. The molecule has 28 heavy (non-hydrogen) atoms. The summed E-state index contributed by atoms with van der Waals surface area (Å²) in [5.41, 5.74) is 2.75. The van der Waals surface area contributed by atoms with Crippen LogP contribution in [-0.4, -0.2) is 17.6 Å². The van der Waals surface area contributed by atoms with Crippen molar-refractivity contribution in [2.24, 2.45) is 0 Å². The average Bonchev–Trinajstić information content (AvgIpc) is 3.35. The lowest BCUT2D eigenvalue weighted by Crippen LogP contribution is -2.28. The Hall–Kier alpha value is -2.64. The Morgan fingerprint density at radius 2 is 1.96 bits per heavy atom. The molecule has 1 aromatic heterocycles. The molecule has 4 nitrogen and oxygen atoms in total. The van der Waals surface area contributed by atoms with E-state index < -0.39 is 5.82 Å². The van der Waals surface area contributed by atoms with Crippen molar-refractivity contribution in [2.45, 2.75) is 12.3 Å². The fraction of sp³-hybridized carbons (Fsp3) is 0.143. The fourth-order valence-corrected chi connectivity index (χ4v) is 4.86. The van der Waals surface area contributed by atoms with Crippen molar-refractivity contribution >= 4 is 46.3 Å². The maximum absolute atomic E-state index is 14.4. The highest BCUT2D eigenvalue weighted by Gasteiger charge is 2.35. The van der Waals surface area contributed by atoms with E-state index in [0.717, 1.165) is 11.1 Å². The highest BCUT2D eigenvalue weighted by molar-refractivity contribution is 8.00. The lowest BCUT2D eigenvalue weighted by Gasteiger charge is -2.25. The van der Waals surface area contributed by atoms with Crippen molar-refractivity contribution in [1.29, 1.82) is 0 Å². The summed E-state index contributed by atoms with van der Waals surface area (Å²) in [7, 11) is 0. The lowest BCUT2D eigenvalue weighted by molar-refractivity contribution is -0.115. The van der Waals surface area contributed by atoms with Crippen LogP contribution in [0.1, 0.15) is 26.2 Å². The van der Waals surface area contributed by atoms with Crippen LogP contribution in [0.2, 0.25) is 0 Å². The minimum absolute atomic E-state index is 0.116. The first kappa shape index (κ1) is 18.7. The molecular weight excluding hydrogens is 395 g/mol. The van der Waals surface area contributed by atoms with Crippen molar-refractivity contribution in [3.63, 3.8) is 0 Å². The highest BCUT2D eigenvalue weighted by atomic mass is 32.2. The Labute approximate surface area is 170 Å². The van der Waals surface area contributed by atoms with Crippen molar-refractivity contribution in [2.75, 3.05) is 16.0 Å². The Morgan fingerprint density at radius 3 is 2.68 bits per heavy atom. The molecule has 0 spiro atoms. The summed E-state index contributed by atoms with van der Waals surface area (Å²) in [5.74, 6) is -0.382. The number of anilines is 2. The quantitative estimate of drug-likeness (QED) is 0.639. The number of hydrogen-bond donors (Lipinski definition) is 1. The third-order valence-electron chi connectivity index (χ3n) is 4.43. The van der Waals surface area contributed by atoms with Gasteiger partial charge < -0.3 is 5.32 Å². The maximum atomic E-state index is 14.4. The summed E-state index contributed by atoms with van der Waals surface area (Å²) >= 11 is 2.84. The molecule has 0 aliphatic carbocycles. The van der Waals surface area contributed by atoms with Crippen molar-refractivity contribution < 1.29 is 14.0 Å². The molecule has 1 aliphatic rings. The molecule has 1 saturated heterocycles. The number of benzene rings is 2. The van der Waals surface area contributed by atoms with Crippen LogP contribution in [0.5, 0.6) is 0 Å². The van der Waals surface area contributed by atoms with Crippen LogP contribution in [0.4, 0.5) is 15.8 Å². The molecule has 1 N–H and O–H groups in total. The van der Waals surface area contributed by atoms with E-state index in [1.54, 1.807) is 30.3 Å². The van der Waals surface area contributed by atoms with E-state index in [1.165, 1.54) is 34.1 Å². The number of hydrogen-bond acceptors (Lipinski definition) is 4. The number of carbonyl (C=O) groups excluding carboxylic acids is 2. The zero-order chi connectivity index (χ0) is 19.7. The zero-order valence-corrected chi connectivity index (χ0v) is 16.6. The molecule has 7 heteroatoms. The molecule has 2 amide bonds. The molecule has 0 saturated carbocycles. The van der Waals surface area contributed by atoms with E-state index >= 15 is 0 Å². The second-order valence-electron chi connectivity index (χ2n) is 6.44. The van der Waals surface area contributed by atoms with Crippen LogP contribution in [0, 0.1) is 12.7 Å². The van der Waals surface area contributed by atoms with Crippen molar-refractivity contribution in [3.05, 3.63) is 81.8 Å². The van der Waals surface area contributed by atoms with Crippen molar-refractivity contribution in [3.8, 4) is 0 Å². The van der Waals surface area contributed by atoms with Gasteiger partial charge in [0, 0.05) is 5.69 Å². The van der Waals surface area contributed by atoms with E-state index in [9.17, 15) is 14.0 Å². The summed E-state index contributed by atoms with van der Waals surface area (Å²) < 4.78 is 14.4. The normalized spacial score (nSPS) is 16.4. The monoisotopic (exact) mass is 412 g/mol. The third-order valence-corrected chi connectivity index (χ3v) is 6.51. The van der Waals surface area contributed by atoms with Gasteiger partial charge in [0.05, 0.1) is 16.3 Å². The van der Waals surface area contributed by atoms with Crippen LogP contribution >= 0.6 is 23.1 Å². The van der Waals surface area contributed by atoms with Gasteiger partial charge in [-0.15, -0.1) is 23.1 Å². The Balaban J connectivity index is 1.57. The molecule has 142 valence electrons. The highest BCUT2D eigenvalue weighted by Crippen LogP contribution is 2.43. The van der Waals surface area contributed by atoms with E-state index in [-0.39, 0.29) is 17.2 Å². The van der Waals surface area contributed by atoms with E-state index in [0.29, 0.717) is 22.0 Å². The van der Waals surface area contributed by atoms with Crippen LogP contribution in [0.15, 0.2) is 60.0 Å². The smallest absolute Gasteiger partial charge is 0.265 e. The third kappa shape index (κ3) is 3.68. The standard InChI is InChI=1S/C21H17FN2O2S2/c1-13-4-9-16(22)17(11-13)24-19(25)12-28-21(24)14-5-7-15(8-6-14)23-20(26)18-3-2-10-27-18/h2-11,21H,12H2,1H3,(H,23,26)/t21-/m1/s1.